The SMILES string of the molecule is CC(=O)C[C@H]1C=C[C@@H](C(=O)N(C)c2cn(-c3cccnc3)nc2Cl)C1. The van der Waals surface area contributed by atoms with E-state index >= 15 is 0 Å². The van der Waals surface area contributed by atoms with Gasteiger partial charge in [-0.15, -0.1) is 0 Å². The van der Waals surface area contributed by atoms with Gasteiger partial charge in [0.2, 0.25) is 5.91 Å². The van der Waals surface area contributed by atoms with Gasteiger partial charge >= 0.3 is 0 Å². The standard InChI is InChI=1S/C18H19ClN4O2/c1-12(24)8-13-5-6-14(9-13)18(25)22(2)16-11-23(21-17(16)19)15-4-3-7-20-10-15/h3-7,10-11,13-14H,8-9H2,1-2H3/t13-,14-/m1/s1. The van der Waals surface area contributed by atoms with E-state index in [1.807, 2.05) is 18.2 Å². The highest BCUT2D eigenvalue weighted by Crippen LogP contribution is 2.31. The minimum absolute atomic E-state index is 0.0602. The number of amides is 1. The molecule has 0 aliphatic heterocycles. The summed E-state index contributed by atoms with van der Waals surface area (Å²) in [4.78, 5) is 29.6. The van der Waals surface area contributed by atoms with Gasteiger partial charge in [0.1, 0.15) is 11.5 Å². The van der Waals surface area contributed by atoms with Crippen LogP contribution in [0.15, 0.2) is 42.9 Å². The Morgan fingerprint density at radius 1 is 1.40 bits per heavy atom. The van der Waals surface area contributed by atoms with Crippen LogP contribution < -0.4 is 4.90 Å². The third-order valence-electron chi connectivity index (χ3n) is 4.29. The molecule has 0 radical (unpaired) electrons. The van der Waals surface area contributed by atoms with Crippen molar-refractivity contribution in [1.82, 2.24) is 14.8 Å². The summed E-state index contributed by atoms with van der Waals surface area (Å²) in [5, 5.41) is 4.50. The first-order chi connectivity index (χ1) is 12.0. The van der Waals surface area contributed by atoms with Crippen LogP contribution in [0.1, 0.15) is 19.8 Å². The summed E-state index contributed by atoms with van der Waals surface area (Å²) in [5.41, 5.74) is 1.30. The maximum absolute atomic E-state index is 12.8. The molecule has 1 amide bonds. The molecule has 0 saturated carbocycles. The predicted molar refractivity (Wildman–Crippen MR) is 95.8 cm³/mol. The highest BCUT2D eigenvalue weighted by atomic mass is 35.5. The van der Waals surface area contributed by atoms with Gasteiger partial charge < -0.3 is 9.69 Å². The van der Waals surface area contributed by atoms with Crippen molar-refractivity contribution in [3.63, 3.8) is 0 Å². The molecule has 2 atom stereocenters. The third kappa shape index (κ3) is 3.79. The predicted octanol–water partition coefficient (Wildman–Crippen LogP) is 3.05. The third-order valence-corrected chi connectivity index (χ3v) is 4.56. The van der Waals surface area contributed by atoms with Crippen LogP contribution in [-0.2, 0) is 9.59 Å². The van der Waals surface area contributed by atoms with E-state index in [1.54, 1.807) is 43.3 Å². The number of rotatable bonds is 5. The van der Waals surface area contributed by atoms with E-state index in [0.29, 0.717) is 18.5 Å². The molecule has 130 valence electrons. The molecule has 0 saturated heterocycles. The zero-order chi connectivity index (χ0) is 18.0. The van der Waals surface area contributed by atoms with Crippen LogP contribution in [0.5, 0.6) is 0 Å². The lowest BCUT2D eigenvalue weighted by molar-refractivity contribution is -0.121. The van der Waals surface area contributed by atoms with E-state index in [4.69, 9.17) is 11.6 Å². The molecule has 0 fully saturated rings. The van der Waals surface area contributed by atoms with Gasteiger partial charge in [-0.05, 0) is 31.4 Å². The first-order valence-electron chi connectivity index (χ1n) is 8.06. The van der Waals surface area contributed by atoms with Gasteiger partial charge in [0, 0.05) is 19.7 Å². The smallest absolute Gasteiger partial charge is 0.233 e. The summed E-state index contributed by atoms with van der Waals surface area (Å²) in [6, 6.07) is 3.66. The zero-order valence-electron chi connectivity index (χ0n) is 14.1. The van der Waals surface area contributed by atoms with Crippen LogP contribution in [0.3, 0.4) is 0 Å². The molecule has 2 aromatic heterocycles. The van der Waals surface area contributed by atoms with Gasteiger partial charge in [-0.25, -0.2) is 4.68 Å². The zero-order valence-corrected chi connectivity index (χ0v) is 14.8. The fraction of sp³-hybridized carbons (Fsp3) is 0.333. The number of carbonyl (C=O) groups excluding carboxylic acids is 2. The minimum Gasteiger partial charge on any atom is -0.311 e. The fourth-order valence-corrected chi connectivity index (χ4v) is 3.29. The van der Waals surface area contributed by atoms with E-state index in [1.165, 1.54) is 4.90 Å². The minimum atomic E-state index is -0.243. The number of allylic oxidation sites excluding steroid dienone is 1. The number of carbonyl (C=O) groups is 2. The van der Waals surface area contributed by atoms with Crippen molar-refractivity contribution in [3.05, 3.63) is 48.0 Å². The maximum atomic E-state index is 12.8. The Morgan fingerprint density at radius 3 is 2.88 bits per heavy atom. The Kier molecular flexibility index (Phi) is 4.99. The molecule has 2 aromatic rings. The van der Waals surface area contributed by atoms with Gasteiger partial charge in [0.05, 0.1) is 24.0 Å². The molecule has 0 N–H and O–H groups in total. The van der Waals surface area contributed by atoms with Crippen molar-refractivity contribution in [1.29, 1.82) is 0 Å². The molecule has 0 aromatic carbocycles. The second-order valence-corrected chi connectivity index (χ2v) is 6.61. The van der Waals surface area contributed by atoms with E-state index < -0.39 is 0 Å². The van der Waals surface area contributed by atoms with Crippen LogP contribution in [-0.4, -0.2) is 33.5 Å². The van der Waals surface area contributed by atoms with Crippen molar-refractivity contribution in [2.45, 2.75) is 19.8 Å². The highest BCUT2D eigenvalue weighted by molar-refractivity contribution is 6.32. The van der Waals surface area contributed by atoms with Crippen LogP contribution in [0.2, 0.25) is 5.15 Å². The van der Waals surface area contributed by atoms with Crippen molar-refractivity contribution in [3.8, 4) is 5.69 Å². The summed E-state index contributed by atoms with van der Waals surface area (Å²) in [7, 11) is 1.69. The Morgan fingerprint density at radius 2 is 2.20 bits per heavy atom. The van der Waals surface area contributed by atoms with E-state index in [-0.39, 0.29) is 28.7 Å². The van der Waals surface area contributed by atoms with Crippen molar-refractivity contribution in [2.75, 3.05) is 11.9 Å². The van der Waals surface area contributed by atoms with Gasteiger partial charge in [-0.1, -0.05) is 23.8 Å². The van der Waals surface area contributed by atoms with Crippen molar-refractivity contribution >= 4 is 29.0 Å². The monoisotopic (exact) mass is 358 g/mol. The number of hydrogen-bond acceptors (Lipinski definition) is 4. The number of pyridine rings is 1. The topological polar surface area (TPSA) is 68.1 Å². The average Bonchev–Trinajstić information content (AvgIpc) is 3.20. The van der Waals surface area contributed by atoms with Crippen LogP contribution in [0.4, 0.5) is 5.69 Å². The van der Waals surface area contributed by atoms with Crippen molar-refractivity contribution in [2.24, 2.45) is 11.8 Å². The summed E-state index contributed by atoms with van der Waals surface area (Å²) in [6.07, 6.45) is 10.0. The Hall–Kier alpha value is -2.47. The number of aromatic nitrogens is 3. The second kappa shape index (κ2) is 7.19. The highest BCUT2D eigenvalue weighted by Gasteiger charge is 2.29. The van der Waals surface area contributed by atoms with Gasteiger partial charge in [0.15, 0.2) is 5.15 Å². The molecule has 25 heavy (non-hydrogen) atoms. The summed E-state index contributed by atoms with van der Waals surface area (Å²) < 4.78 is 1.59. The van der Waals surface area contributed by atoms with Gasteiger partial charge in [-0.3, -0.25) is 9.78 Å². The number of anilines is 1. The number of hydrogen-bond donors (Lipinski definition) is 0. The lowest BCUT2D eigenvalue weighted by Gasteiger charge is -2.19. The summed E-state index contributed by atoms with van der Waals surface area (Å²) in [6.45, 7) is 1.57. The number of nitrogens with zero attached hydrogens (tertiary/aromatic N) is 4. The average molecular weight is 359 g/mol. The second-order valence-electron chi connectivity index (χ2n) is 6.25. The molecule has 0 spiro atoms. The Bertz CT molecular complexity index is 816. The number of Topliss-reactive ketones (excluding diaryl/α,β-unsaturated/α-hetero) is 1. The first kappa shape index (κ1) is 17.4. The first-order valence-corrected chi connectivity index (χ1v) is 8.44. The quantitative estimate of drug-likeness (QED) is 0.770. The van der Waals surface area contributed by atoms with Crippen LogP contribution in [0, 0.1) is 11.8 Å². The summed E-state index contributed by atoms with van der Waals surface area (Å²) >= 11 is 6.23. The Balaban J connectivity index is 1.74. The normalized spacial score (nSPS) is 19.2. The maximum Gasteiger partial charge on any atom is 0.233 e. The van der Waals surface area contributed by atoms with E-state index in [9.17, 15) is 9.59 Å². The number of halogens is 1. The lowest BCUT2D eigenvalue weighted by Crippen LogP contribution is -2.31. The van der Waals surface area contributed by atoms with E-state index in [2.05, 4.69) is 10.1 Å². The fourth-order valence-electron chi connectivity index (χ4n) is 3.04. The molecule has 1 aliphatic rings. The number of ketones is 1. The molecule has 2 heterocycles. The molecular weight excluding hydrogens is 340 g/mol. The van der Waals surface area contributed by atoms with Gasteiger partial charge in [-0.2, -0.15) is 5.10 Å². The Labute approximate surface area is 151 Å². The summed E-state index contributed by atoms with van der Waals surface area (Å²) in [5.74, 6) is -0.0348. The molecule has 0 bridgehead atoms. The van der Waals surface area contributed by atoms with E-state index in [0.717, 1.165) is 5.69 Å². The van der Waals surface area contributed by atoms with Crippen molar-refractivity contribution < 1.29 is 9.59 Å². The molecule has 1 aliphatic carbocycles. The largest absolute Gasteiger partial charge is 0.311 e. The van der Waals surface area contributed by atoms with Crippen LogP contribution >= 0.6 is 11.6 Å². The molecule has 0 unspecified atom stereocenters. The molecule has 6 nitrogen and oxygen atoms in total. The van der Waals surface area contributed by atoms with Crippen LogP contribution in [0.25, 0.3) is 5.69 Å². The van der Waals surface area contributed by atoms with Gasteiger partial charge in [0.25, 0.3) is 0 Å². The molecule has 3 rings (SSSR count). The lowest BCUT2D eigenvalue weighted by atomic mass is 9.98. The molecular formula is C18H19ClN4O2. The molecule has 7 heteroatoms.